The lowest BCUT2D eigenvalue weighted by Crippen LogP contribution is -2.57. The van der Waals surface area contributed by atoms with E-state index in [1.807, 2.05) is 93.6 Å². The van der Waals surface area contributed by atoms with Crippen molar-refractivity contribution in [2.24, 2.45) is 5.41 Å². The number of β-amino-alcohol motifs (C(OH)–C–C–N with tert-alkyl or cyclic N) is 1. The van der Waals surface area contributed by atoms with Crippen molar-refractivity contribution in [2.45, 2.75) is 136 Å². The number of hydrogen-bond acceptors (Lipinski definition) is 15. The number of amides is 5. The van der Waals surface area contributed by atoms with Crippen molar-refractivity contribution in [1.82, 2.24) is 50.2 Å². The number of anilines is 3. The predicted octanol–water partition coefficient (Wildman–Crippen LogP) is 7.23. The fourth-order valence-corrected chi connectivity index (χ4v) is 12.7. The number of rotatable bonds is 19. The SMILES string of the molecule is Cc1ncsc1-c1ccc(CNC(=O)[C@@H]2C[C@@H](O)CN2C(=O)C(NC(=O)CCCCCC(=O)N2CCN(Cc3cnc(N4CC=C(c5cc(NC(=O)c6c[nH]c(=O)cc6C(F)(F)F)c(N6C[C@@H](C)N(C)[C@@H](C)C6)cc5F)CC4)nc3)CC2)C(C)(C)C)cc1. The van der Waals surface area contributed by atoms with Gasteiger partial charge in [0, 0.05) is 139 Å². The van der Waals surface area contributed by atoms with E-state index in [1.54, 1.807) is 29.2 Å². The fourth-order valence-electron chi connectivity index (χ4n) is 11.9. The number of carbonyl (C=O) groups excluding carboxylic acids is 5. The summed E-state index contributed by atoms with van der Waals surface area (Å²) in [5.41, 5.74) is 2.99. The molecule has 4 aliphatic heterocycles. The molecule has 0 spiro atoms. The molecule has 2 aromatic carbocycles. The van der Waals surface area contributed by atoms with Gasteiger partial charge in [-0.3, -0.25) is 38.6 Å². The van der Waals surface area contributed by atoms with Crippen LogP contribution in [0.2, 0.25) is 0 Å². The third kappa shape index (κ3) is 15.8. The number of aryl methyl sites for hydroxylation is 1. The quantitative estimate of drug-likeness (QED) is 0.0406. The monoisotopic (exact) mass is 1240 g/mol. The van der Waals surface area contributed by atoms with E-state index in [0.29, 0.717) is 114 Å². The van der Waals surface area contributed by atoms with Gasteiger partial charge in [-0.15, -0.1) is 11.3 Å². The number of carbonyl (C=O) groups is 5. The second-order valence-corrected chi connectivity index (χ2v) is 25.5. The summed E-state index contributed by atoms with van der Waals surface area (Å²) in [6.07, 6.45) is 2.97. The van der Waals surface area contributed by atoms with Gasteiger partial charge in [0.2, 0.25) is 35.1 Å². The minimum absolute atomic E-state index is 0.0234. The lowest BCUT2D eigenvalue weighted by atomic mass is 9.85. The summed E-state index contributed by atoms with van der Waals surface area (Å²) in [6.45, 7) is 16.5. The smallest absolute Gasteiger partial charge is 0.391 e. The molecule has 472 valence electrons. The molecule has 9 rings (SSSR count). The van der Waals surface area contributed by atoms with Crippen molar-refractivity contribution in [3.63, 3.8) is 0 Å². The number of alkyl halides is 3. The van der Waals surface area contributed by atoms with Crippen LogP contribution in [0.25, 0.3) is 16.0 Å². The Hall–Kier alpha value is -7.61. The number of halogens is 4. The fraction of sp³-hybridized carbons (Fsp3) is 0.508. The summed E-state index contributed by atoms with van der Waals surface area (Å²) in [5.74, 6) is -2.24. The second kappa shape index (κ2) is 27.8. The van der Waals surface area contributed by atoms with Crippen LogP contribution >= 0.6 is 11.3 Å². The van der Waals surface area contributed by atoms with E-state index in [0.717, 1.165) is 33.5 Å². The number of hydrogen-bond donors (Lipinski definition) is 5. The summed E-state index contributed by atoms with van der Waals surface area (Å²) < 4.78 is 58.4. The van der Waals surface area contributed by atoms with Gasteiger partial charge in [-0.1, -0.05) is 57.5 Å². The first-order valence-corrected chi connectivity index (χ1v) is 30.9. The van der Waals surface area contributed by atoms with Crippen molar-refractivity contribution < 1.29 is 46.6 Å². The van der Waals surface area contributed by atoms with Gasteiger partial charge in [-0.25, -0.2) is 19.3 Å². The van der Waals surface area contributed by atoms with Crippen LogP contribution in [0.3, 0.4) is 0 Å². The maximum absolute atomic E-state index is 16.3. The number of aliphatic hydroxyl groups excluding tert-OH is 1. The minimum Gasteiger partial charge on any atom is -0.391 e. The van der Waals surface area contributed by atoms with Crippen LogP contribution < -0.4 is 31.3 Å². The molecule has 20 nitrogen and oxygen atoms in total. The molecule has 3 fully saturated rings. The molecule has 3 saturated heterocycles. The Bertz CT molecular complexity index is 3410. The molecule has 5 amide bonds. The van der Waals surface area contributed by atoms with Gasteiger partial charge < -0.3 is 45.6 Å². The number of unbranched alkanes of at least 4 members (excludes halogenated alkanes) is 2. The van der Waals surface area contributed by atoms with Gasteiger partial charge in [0.1, 0.15) is 17.9 Å². The molecule has 4 aliphatic rings. The Labute approximate surface area is 513 Å². The van der Waals surface area contributed by atoms with Gasteiger partial charge in [0.15, 0.2) is 0 Å². The Morgan fingerprint density at radius 1 is 0.864 bits per heavy atom. The number of nitrogens with zero attached hydrogens (tertiary/aromatic N) is 9. The van der Waals surface area contributed by atoms with Crippen molar-refractivity contribution in [1.29, 1.82) is 0 Å². The van der Waals surface area contributed by atoms with E-state index < -0.39 is 64.1 Å². The Morgan fingerprint density at radius 2 is 1.56 bits per heavy atom. The van der Waals surface area contributed by atoms with Gasteiger partial charge in [-0.05, 0) is 81.3 Å². The number of benzene rings is 2. The molecule has 0 bridgehead atoms. The number of nitrogens with one attached hydrogen (secondary N) is 4. The molecule has 0 saturated carbocycles. The molecule has 25 heteroatoms. The summed E-state index contributed by atoms with van der Waals surface area (Å²) in [7, 11) is 1.98. The van der Waals surface area contributed by atoms with E-state index in [4.69, 9.17) is 0 Å². The Morgan fingerprint density at radius 3 is 2.19 bits per heavy atom. The van der Waals surface area contributed by atoms with Crippen LogP contribution in [-0.4, -0.2) is 170 Å². The Balaban J connectivity index is 0.707. The number of pyridine rings is 1. The van der Waals surface area contributed by atoms with Crippen LogP contribution in [-0.2, 0) is 38.4 Å². The summed E-state index contributed by atoms with van der Waals surface area (Å²) in [6, 6.07) is 9.23. The predicted molar refractivity (Wildman–Crippen MR) is 329 cm³/mol. The molecule has 88 heavy (non-hydrogen) atoms. The minimum atomic E-state index is -4.98. The van der Waals surface area contributed by atoms with Crippen molar-refractivity contribution in [2.75, 3.05) is 81.1 Å². The zero-order chi connectivity index (χ0) is 63.2. The van der Waals surface area contributed by atoms with Crippen LogP contribution in [0.1, 0.15) is 118 Å². The van der Waals surface area contributed by atoms with E-state index in [-0.39, 0.29) is 67.0 Å². The van der Waals surface area contributed by atoms with Crippen molar-refractivity contribution in [3.05, 3.63) is 122 Å². The van der Waals surface area contributed by atoms with Gasteiger partial charge in [0.25, 0.3) is 5.91 Å². The number of likely N-dealkylation sites (tertiary alicyclic amines) is 1. The highest BCUT2D eigenvalue weighted by Crippen LogP contribution is 2.38. The van der Waals surface area contributed by atoms with Crippen molar-refractivity contribution >= 4 is 63.8 Å². The van der Waals surface area contributed by atoms with Gasteiger partial charge in [-0.2, -0.15) is 13.2 Å². The largest absolute Gasteiger partial charge is 0.417 e. The number of likely N-dealkylation sites (N-methyl/N-ethyl adjacent to an activating group) is 1. The van der Waals surface area contributed by atoms with Gasteiger partial charge >= 0.3 is 6.18 Å². The molecule has 0 aliphatic carbocycles. The highest BCUT2D eigenvalue weighted by Gasteiger charge is 2.45. The summed E-state index contributed by atoms with van der Waals surface area (Å²) in [4.78, 5) is 108. The number of aliphatic hydroxyl groups is 1. The molecule has 0 radical (unpaired) electrons. The van der Waals surface area contributed by atoms with Crippen LogP contribution in [0.15, 0.2) is 77.4 Å². The first-order chi connectivity index (χ1) is 41.8. The highest BCUT2D eigenvalue weighted by molar-refractivity contribution is 7.13. The van der Waals surface area contributed by atoms with Crippen LogP contribution in [0, 0.1) is 18.2 Å². The lowest BCUT2D eigenvalue weighted by Gasteiger charge is -2.44. The average Bonchev–Trinajstić information content (AvgIpc) is 2.05. The van der Waals surface area contributed by atoms with E-state index in [9.17, 15) is 47.0 Å². The topological polar surface area (TPSA) is 233 Å². The first kappa shape index (κ1) is 64.9. The summed E-state index contributed by atoms with van der Waals surface area (Å²) in [5, 5.41) is 19.1. The van der Waals surface area contributed by atoms with Crippen LogP contribution in [0.5, 0.6) is 0 Å². The zero-order valence-electron chi connectivity index (χ0n) is 50.9. The Kier molecular flexibility index (Phi) is 20.5. The maximum Gasteiger partial charge on any atom is 0.417 e. The number of aromatic nitrogens is 4. The molecule has 3 aromatic heterocycles. The maximum atomic E-state index is 16.3. The van der Waals surface area contributed by atoms with E-state index >= 15 is 4.39 Å². The van der Waals surface area contributed by atoms with E-state index in [2.05, 4.69) is 45.7 Å². The third-order valence-electron chi connectivity index (χ3n) is 17.2. The molecule has 5 N–H and O–H groups in total. The van der Waals surface area contributed by atoms with Crippen LogP contribution in [0.4, 0.5) is 34.9 Å². The highest BCUT2D eigenvalue weighted by atomic mass is 32.1. The summed E-state index contributed by atoms with van der Waals surface area (Å²) >= 11 is 1.56. The number of piperazine rings is 2. The molecule has 5 aromatic rings. The molecular weight excluding hydrogens is 1160 g/mol. The molecular formula is C63H79F4N13O7S. The van der Waals surface area contributed by atoms with E-state index in [1.165, 1.54) is 17.0 Å². The standard InChI is InChI=1S/C63H79F4N13O7S/c1-38-33-79(34-39(2)75(38)7)51-28-49(64)46(26-50(51)73-58(85)47-32-68-54(83)27-48(47)63(65,66)67)43-17-19-78(20-18-43)61-70-30-42(31-71-61)35-76-21-23-77(24-22-76)55(84)12-10-8-9-11-53(82)74-57(62(4,5)6)60(87)80-36-45(81)25-52(80)59(86)69-29-41-13-15-44(16-14-41)56-40(3)72-37-88-56/h13-17,26-28,30-32,37-39,45,52,57,81H,8-12,18-25,29,33-36H2,1-7H3,(H,68,83)(H,69,86)(H,73,85)(H,74,82)/t38-,39+,45-,52+,57?/m1/s1. The molecule has 7 heterocycles. The molecule has 1 unspecified atom stereocenters. The number of aromatic amines is 1. The second-order valence-electron chi connectivity index (χ2n) is 24.7. The number of H-pyrrole nitrogens is 1. The van der Waals surface area contributed by atoms with Crippen molar-refractivity contribution in [3.8, 4) is 10.4 Å². The normalized spacial score (nSPS) is 20.0. The molecule has 5 atom stereocenters. The van der Waals surface area contributed by atoms with Gasteiger partial charge in [0.05, 0.1) is 44.7 Å². The zero-order valence-corrected chi connectivity index (χ0v) is 51.7. The first-order valence-electron chi connectivity index (χ1n) is 30.0. The average molecular weight is 1240 g/mol. The lowest BCUT2D eigenvalue weighted by molar-refractivity contribution is -0.144. The number of thiazole rings is 1. The third-order valence-corrected chi connectivity index (χ3v) is 18.2.